The van der Waals surface area contributed by atoms with Crippen LogP contribution in [0.1, 0.15) is 58.3 Å². The summed E-state index contributed by atoms with van der Waals surface area (Å²) in [7, 11) is 0. The number of halogens is 1. The van der Waals surface area contributed by atoms with Gasteiger partial charge in [0.05, 0.1) is 29.6 Å². The zero-order valence-corrected chi connectivity index (χ0v) is 18.1. The minimum absolute atomic E-state index is 0.0571. The molecule has 1 aromatic carbocycles. The highest BCUT2D eigenvalue weighted by Crippen LogP contribution is 2.31. The van der Waals surface area contributed by atoms with E-state index in [0.29, 0.717) is 30.9 Å². The van der Waals surface area contributed by atoms with Crippen LogP contribution in [0.5, 0.6) is 0 Å². The third-order valence-corrected chi connectivity index (χ3v) is 4.28. The largest absolute Gasteiger partial charge is 0.462 e. The average Bonchev–Trinajstić information content (AvgIpc) is 3.02. The van der Waals surface area contributed by atoms with Crippen molar-refractivity contribution >= 4 is 23.4 Å². The van der Waals surface area contributed by atoms with Crippen LogP contribution in [0.25, 0.3) is 0 Å². The molecule has 0 bridgehead atoms. The fourth-order valence-electron chi connectivity index (χ4n) is 3.18. The second-order valence-corrected chi connectivity index (χ2v) is 8.45. The molecular weight excluding hydrogens is 377 g/mol. The molecule has 0 radical (unpaired) electrons. The van der Waals surface area contributed by atoms with Crippen molar-refractivity contribution in [2.45, 2.75) is 65.6 Å². The van der Waals surface area contributed by atoms with Gasteiger partial charge in [0.25, 0.3) is 0 Å². The predicted octanol–water partition coefficient (Wildman–Crippen LogP) is 3.93. The Morgan fingerprint density at radius 2 is 2.00 bits per heavy atom. The number of amides is 1. The minimum atomic E-state index is -0.575. The van der Waals surface area contributed by atoms with Crippen molar-refractivity contribution in [1.29, 1.82) is 0 Å². The molecule has 29 heavy (non-hydrogen) atoms. The highest BCUT2D eigenvalue weighted by Gasteiger charge is 2.29. The first-order valence-corrected chi connectivity index (χ1v) is 10.0. The molecule has 0 spiro atoms. The maximum atomic E-state index is 14.8. The summed E-state index contributed by atoms with van der Waals surface area (Å²) in [5.74, 6) is -1.06. The first-order valence-electron chi connectivity index (χ1n) is 10.0. The Morgan fingerprint density at radius 1 is 1.31 bits per heavy atom. The van der Waals surface area contributed by atoms with Crippen molar-refractivity contribution in [3.63, 3.8) is 0 Å². The Labute approximate surface area is 171 Å². The molecule has 2 N–H and O–H groups in total. The van der Waals surface area contributed by atoms with Crippen LogP contribution in [0.15, 0.2) is 12.1 Å². The van der Waals surface area contributed by atoms with Crippen molar-refractivity contribution in [2.75, 3.05) is 29.9 Å². The standard InChI is InChI=1S/C21H32FN3O4/c1-7-28-19(26)15-10-16(22)18(11-17(15)23-13(2)3)25-9-8-14(12-25)24-20(27)29-21(4,5)6/h10-11,13-14,23H,7-9,12H2,1-6H3,(H,24,27). The van der Waals surface area contributed by atoms with E-state index >= 15 is 0 Å². The first kappa shape index (κ1) is 22.8. The Kier molecular flexibility index (Phi) is 7.32. The Morgan fingerprint density at radius 3 is 2.59 bits per heavy atom. The number of ether oxygens (including phenoxy) is 2. The third kappa shape index (κ3) is 6.51. The van der Waals surface area contributed by atoms with E-state index in [2.05, 4.69) is 10.6 Å². The first-order chi connectivity index (χ1) is 13.5. The lowest BCUT2D eigenvalue weighted by Crippen LogP contribution is -2.40. The van der Waals surface area contributed by atoms with Crippen molar-refractivity contribution < 1.29 is 23.5 Å². The van der Waals surface area contributed by atoms with Gasteiger partial charge in [-0.05, 0) is 60.1 Å². The third-order valence-electron chi connectivity index (χ3n) is 4.28. The topological polar surface area (TPSA) is 79.9 Å². The summed E-state index contributed by atoms with van der Waals surface area (Å²) in [6.07, 6.45) is 0.190. The maximum absolute atomic E-state index is 14.8. The molecule has 162 valence electrons. The molecule has 0 saturated carbocycles. The lowest BCUT2D eigenvalue weighted by Gasteiger charge is -2.24. The molecule has 1 aliphatic heterocycles. The number of hydrogen-bond donors (Lipinski definition) is 2. The highest BCUT2D eigenvalue weighted by molar-refractivity contribution is 5.96. The number of benzene rings is 1. The summed E-state index contributed by atoms with van der Waals surface area (Å²) in [5.41, 5.74) is 0.506. The van der Waals surface area contributed by atoms with Gasteiger partial charge in [0.2, 0.25) is 0 Å². The van der Waals surface area contributed by atoms with E-state index in [1.807, 2.05) is 18.7 Å². The molecule has 1 amide bonds. The molecule has 2 rings (SSSR count). The molecule has 1 aromatic rings. The summed E-state index contributed by atoms with van der Waals surface area (Å²) in [4.78, 5) is 26.1. The van der Waals surface area contributed by atoms with E-state index in [1.165, 1.54) is 6.07 Å². The molecule has 0 aromatic heterocycles. The van der Waals surface area contributed by atoms with Gasteiger partial charge in [-0.1, -0.05) is 0 Å². The van der Waals surface area contributed by atoms with E-state index < -0.39 is 23.5 Å². The molecule has 1 heterocycles. The van der Waals surface area contributed by atoms with Gasteiger partial charge in [0, 0.05) is 19.1 Å². The number of carbonyl (C=O) groups excluding carboxylic acids is 2. The van der Waals surface area contributed by atoms with Crippen LogP contribution in [0.4, 0.5) is 20.6 Å². The van der Waals surface area contributed by atoms with Crippen molar-refractivity contribution in [1.82, 2.24) is 5.32 Å². The quantitative estimate of drug-likeness (QED) is 0.693. The summed E-state index contributed by atoms with van der Waals surface area (Å²) in [6.45, 7) is 12.2. The van der Waals surface area contributed by atoms with Crippen LogP contribution >= 0.6 is 0 Å². The minimum Gasteiger partial charge on any atom is -0.462 e. The zero-order valence-electron chi connectivity index (χ0n) is 18.1. The number of nitrogens with one attached hydrogen (secondary N) is 2. The van der Waals surface area contributed by atoms with E-state index in [4.69, 9.17) is 9.47 Å². The molecule has 1 atom stereocenters. The number of esters is 1. The van der Waals surface area contributed by atoms with Gasteiger partial charge in [0.15, 0.2) is 0 Å². The number of anilines is 2. The maximum Gasteiger partial charge on any atom is 0.407 e. The fraction of sp³-hybridized carbons (Fsp3) is 0.619. The number of nitrogens with zero attached hydrogens (tertiary/aromatic N) is 1. The predicted molar refractivity (Wildman–Crippen MR) is 111 cm³/mol. The van der Waals surface area contributed by atoms with Gasteiger partial charge < -0.3 is 25.0 Å². The van der Waals surface area contributed by atoms with Crippen LogP contribution in [0.3, 0.4) is 0 Å². The van der Waals surface area contributed by atoms with E-state index in [9.17, 15) is 14.0 Å². The molecule has 1 unspecified atom stereocenters. The summed E-state index contributed by atoms with van der Waals surface area (Å²) < 4.78 is 25.2. The summed E-state index contributed by atoms with van der Waals surface area (Å²) in [5, 5.41) is 6.02. The van der Waals surface area contributed by atoms with Crippen molar-refractivity contribution in [3.05, 3.63) is 23.5 Å². The zero-order chi connectivity index (χ0) is 21.8. The van der Waals surface area contributed by atoms with Crippen LogP contribution in [-0.4, -0.2) is 49.4 Å². The Balaban J connectivity index is 2.17. The van der Waals surface area contributed by atoms with Gasteiger partial charge in [-0.25, -0.2) is 14.0 Å². The van der Waals surface area contributed by atoms with Crippen molar-refractivity contribution in [3.8, 4) is 0 Å². The highest BCUT2D eigenvalue weighted by atomic mass is 19.1. The van der Waals surface area contributed by atoms with Crippen LogP contribution in [-0.2, 0) is 9.47 Å². The van der Waals surface area contributed by atoms with E-state index in [-0.39, 0.29) is 24.3 Å². The monoisotopic (exact) mass is 409 g/mol. The molecule has 1 aliphatic rings. The molecule has 1 saturated heterocycles. The lowest BCUT2D eigenvalue weighted by atomic mass is 10.1. The van der Waals surface area contributed by atoms with Gasteiger partial charge in [-0.15, -0.1) is 0 Å². The summed E-state index contributed by atoms with van der Waals surface area (Å²) in [6, 6.07) is 2.77. The Hall–Kier alpha value is -2.51. The van der Waals surface area contributed by atoms with Crippen LogP contribution in [0.2, 0.25) is 0 Å². The number of hydrogen-bond acceptors (Lipinski definition) is 6. The fourth-order valence-corrected chi connectivity index (χ4v) is 3.18. The van der Waals surface area contributed by atoms with E-state index in [1.54, 1.807) is 33.8 Å². The molecular formula is C21H32FN3O4. The Bertz CT molecular complexity index is 746. The van der Waals surface area contributed by atoms with Crippen LogP contribution in [0, 0.1) is 5.82 Å². The molecule has 8 heteroatoms. The van der Waals surface area contributed by atoms with Gasteiger partial charge >= 0.3 is 12.1 Å². The molecule has 0 aliphatic carbocycles. The summed E-state index contributed by atoms with van der Waals surface area (Å²) >= 11 is 0. The normalized spacial score (nSPS) is 16.7. The number of alkyl carbamates (subject to hydrolysis) is 1. The van der Waals surface area contributed by atoms with E-state index in [0.717, 1.165) is 0 Å². The van der Waals surface area contributed by atoms with Crippen molar-refractivity contribution in [2.24, 2.45) is 0 Å². The second-order valence-electron chi connectivity index (χ2n) is 8.45. The van der Waals surface area contributed by atoms with Crippen LogP contribution < -0.4 is 15.5 Å². The number of rotatable bonds is 6. The molecule has 7 nitrogen and oxygen atoms in total. The average molecular weight is 410 g/mol. The number of carbonyl (C=O) groups is 2. The smallest absolute Gasteiger partial charge is 0.407 e. The van der Waals surface area contributed by atoms with Gasteiger partial charge in [0.1, 0.15) is 11.4 Å². The SMILES string of the molecule is CCOC(=O)c1cc(F)c(N2CCC(NC(=O)OC(C)(C)C)C2)cc1NC(C)C. The second kappa shape index (κ2) is 9.33. The molecule has 1 fully saturated rings. The lowest BCUT2D eigenvalue weighted by molar-refractivity contribution is 0.0504. The van der Waals surface area contributed by atoms with Gasteiger partial charge in [-0.3, -0.25) is 0 Å². The van der Waals surface area contributed by atoms with Gasteiger partial charge in [-0.2, -0.15) is 0 Å².